The van der Waals surface area contributed by atoms with Crippen LogP contribution in [-0.2, 0) is 4.79 Å². The Morgan fingerprint density at radius 2 is 2.00 bits per heavy atom. The largest absolute Gasteiger partial charge is 0.480 e. The molecule has 0 aromatic heterocycles. The van der Waals surface area contributed by atoms with Crippen LogP contribution < -0.4 is 0 Å². The second-order valence-corrected chi connectivity index (χ2v) is 7.83. The number of hydrogen-bond donors (Lipinski definition) is 2. The minimum Gasteiger partial charge on any atom is -0.480 e. The average molecular weight is 302 g/mol. The number of carbonyl (C=O) groups is 2. The van der Waals surface area contributed by atoms with Gasteiger partial charge >= 0.3 is 12.0 Å². The monoisotopic (exact) mass is 302 g/mol. The summed E-state index contributed by atoms with van der Waals surface area (Å²) in [5.74, 6) is -0.188. The van der Waals surface area contributed by atoms with Gasteiger partial charge in [-0.05, 0) is 6.42 Å². The molecule has 0 spiro atoms. The molecular weight excluding hydrogens is 280 g/mol. The van der Waals surface area contributed by atoms with E-state index in [0.29, 0.717) is 13.1 Å². The molecule has 0 bridgehead atoms. The number of carboxylic acids is 1. The van der Waals surface area contributed by atoms with E-state index in [0.717, 1.165) is 12.2 Å². The molecule has 0 aromatic carbocycles. The van der Waals surface area contributed by atoms with Gasteiger partial charge in [-0.2, -0.15) is 11.8 Å². The summed E-state index contributed by atoms with van der Waals surface area (Å²) in [4.78, 5) is 26.7. The van der Waals surface area contributed by atoms with Crippen LogP contribution in [0.2, 0.25) is 0 Å². The van der Waals surface area contributed by atoms with Crippen LogP contribution in [0.1, 0.15) is 26.7 Å². The van der Waals surface area contributed by atoms with Gasteiger partial charge in [-0.3, -0.25) is 0 Å². The van der Waals surface area contributed by atoms with E-state index in [2.05, 4.69) is 13.8 Å². The van der Waals surface area contributed by atoms with Crippen LogP contribution in [0.15, 0.2) is 0 Å². The summed E-state index contributed by atoms with van der Waals surface area (Å²) in [6, 6.07) is -1.16. The molecule has 2 heterocycles. The minimum absolute atomic E-state index is 0.114. The number of thioether (sulfide) groups is 1. The van der Waals surface area contributed by atoms with Crippen molar-refractivity contribution in [1.82, 2.24) is 9.80 Å². The number of amides is 2. The summed E-state index contributed by atoms with van der Waals surface area (Å²) >= 11 is 1.83. The van der Waals surface area contributed by atoms with Crippen molar-refractivity contribution in [2.24, 2.45) is 0 Å². The number of likely N-dealkylation sites (tertiary alicyclic amines) is 1. The molecule has 0 aromatic rings. The van der Waals surface area contributed by atoms with Gasteiger partial charge in [0.25, 0.3) is 0 Å². The Morgan fingerprint density at radius 3 is 2.65 bits per heavy atom. The van der Waals surface area contributed by atoms with Crippen LogP contribution in [0.25, 0.3) is 0 Å². The average Bonchev–Trinajstić information content (AvgIpc) is 2.65. The third kappa shape index (κ3) is 3.38. The summed E-state index contributed by atoms with van der Waals surface area (Å²) in [5, 5.41) is 18.8. The number of rotatable bonds is 1. The van der Waals surface area contributed by atoms with Gasteiger partial charge in [-0.1, -0.05) is 13.8 Å². The molecular formula is C13H22N2O4S. The number of aliphatic carboxylic acids is 1. The Labute approximate surface area is 123 Å². The first kappa shape index (κ1) is 15.4. The van der Waals surface area contributed by atoms with E-state index in [1.54, 1.807) is 4.90 Å². The Hall–Kier alpha value is -0.950. The molecule has 6 nitrogen and oxygen atoms in total. The van der Waals surface area contributed by atoms with Crippen molar-refractivity contribution in [3.05, 3.63) is 0 Å². The Bertz CT molecular complexity index is 402. The van der Waals surface area contributed by atoms with Gasteiger partial charge < -0.3 is 20.0 Å². The highest BCUT2D eigenvalue weighted by molar-refractivity contribution is 8.00. The van der Waals surface area contributed by atoms with Crippen molar-refractivity contribution >= 4 is 23.8 Å². The van der Waals surface area contributed by atoms with Crippen molar-refractivity contribution in [2.45, 2.75) is 43.6 Å². The van der Waals surface area contributed by atoms with Gasteiger partial charge in [0.15, 0.2) is 0 Å². The van der Waals surface area contributed by atoms with Crippen molar-refractivity contribution in [1.29, 1.82) is 0 Å². The fourth-order valence-electron chi connectivity index (χ4n) is 2.65. The Balaban J connectivity index is 2.05. The van der Waals surface area contributed by atoms with Crippen LogP contribution in [0.5, 0.6) is 0 Å². The zero-order chi connectivity index (χ0) is 14.9. The standard InChI is InChI=1S/C13H22N2O4S/c1-13(2)3-4-14(5-6-20-13)12(19)15-8-9(16)7-10(15)11(17)18/h9-10,16H,3-8H2,1-2H3,(H,17,18)/t9-,10+/m1/s1. The molecule has 2 atom stereocenters. The molecule has 2 fully saturated rings. The topological polar surface area (TPSA) is 81.1 Å². The van der Waals surface area contributed by atoms with Crippen LogP contribution in [0.3, 0.4) is 0 Å². The zero-order valence-corrected chi connectivity index (χ0v) is 12.7. The second kappa shape index (κ2) is 5.81. The maximum atomic E-state index is 12.5. The van der Waals surface area contributed by atoms with Crippen LogP contribution in [0, 0.1) is 0 Å². The van der Waals surface area contributed by atoms with E-state index < -0.39 is 18.1 Å². The number of hydrogen-bond acceptors (Lipinski definition) is 4. The van der Waals surface area contributed by atoms with Crippen molar-refractivity contribution < 1.29 is 19.8 Å². The molecule has 0 saturated carbocycles. The molecule has 2 amide bonds. The molecule has 0 unspecified atom stereocenters. The number of nitrogens with zero attached hydrogens (tertiary/aromatic N) is 2. The Morgan fingerprint density at radius 1 is 1.30 bits per heavy atom. The molecule has 7 heteroatoms. The maximum absolute atomic E-state index is 12.5. The maximum Gasteiger partial charge on any atom is 0.326 e. The predicted octanol–water partition coefficient (Wildman–Crippen LogP) is 0.844. The van der Waals surface area contributed by atoms with Crippen LogP contribution in [0.4, 0.5) is 4.79 Å². The molecule has 0 aliphatic carbocycles. The van der Waals surface area contributed by atoms with Gasteiger partial charge in [0.05, 0.1) is 6.10 Å². The highest BCUT2D eigenvalue weighted by Gasteiger charge is 2.41. The lowest BCUT2D eigenvalue weighted by atomic mass is 10.1. The quantitative estimate of drug-likeness (QED) is 0.750. The van der Waals surface area contributed by atoms with Crippen molar-refractivity contribution in [3.63, 3.8) is 0 Å². The fourth-order valence-corrected chi connectivity index (χ4v) is 3.75. The van der Waals surface area contributed by atoms with E-state index in [9.17, 15) is 14.7 Å². The molecule has 2 rings (SSSR count). The van der Waals surface area contributed by atoms with Crippen LogP contribution >= 0.6 is 11.8 Å². The normalized spacial score (nSPS) is 30.1. The third-order valence-electron chi connectivity index (χ3n) is 3.92. The molecule has 2 N–H and O–H groups in total. The second-order valence-electron chi connectivity index (χ2n) is 6.02. The number of carbonyl (C=O) groups excluding carboxylic acids is 1. The summed E-state index contributed by atoms with van der Waals surface area (Å²) < 4.78 is 0.145. The number of urea groups is 1. The molecule has 2 aliphatic rings. The van der Waals surface area contributed by atoms with Gasteiger partial charge in [-0.15, -0.1) is 0 Å². The summed E-state index contributed by atoms with van der Waals surface area (Å²) in [6.45, 7) is 5.70. The molecule has 2 saturated heterocycles. The van der Waals surface area contributed by atoms with E-state index in [4.69, 9.17) is 5.11 Å². The number of aliphatic hydroxyl groups is 1. The molecule has 114 valence electrons. The van der Waals surface area contributed by atoms with Crippen molar-refractivity contribution in [3.8, 4) is 0 Å². The molecule has 20 heavy (non-hydrogen) atoms. The lowest BCUT2D eigenvalue weighted by Crippen LogP contribution is -2.49. The van der Waals surface area contributed by atoms with E-state index in [-0.39, 0.29) is 23.7 Å². The molecule has 0 radical (unpaired) electrons. The van der Waals surface area contributed by atoms with Gasteiger partial charge in [0.1, 0.15) is 6.04 Å². The van der Waals surface area contributed by atoms with E-state index >= 15 is 0 Å². The summed E-state index contributed by atoms with van der Waals surface area (Å²) in [6.07, 6.45) is 0.269. The van der Waals surface area contributed by atoms with Crippen molar-refractivity contribution in [2.75, 3.05) is 25.4 Å². The van der Waals surface area contributed by atoms with Crippen LogP contribution in [-0.4, -0.2) is 74.3 Å². The predicted molar refractivity (Wildman–Crippen MR) is 76.9 cm³/mol. The smallest absolute Gasteiger partial charge is 0.326 e. The van der Waals surface area contributed by atoms with E-state index in [1.165, 1.54) is 4.90 Å². The first-order chi connectivity index (χ1) is 9.30. The fraction of sp³-hybridized carbons (Fsp3) is 0.846. The zero-order valence-electron chi connectivity index (χ0n) is 11.9. The third-order valence-corrected chi connectivity index (χ3v) is 5.29. The lowest BCUT2D eigenvalue weighted by Gasteiger charge is -2.29. The number of carboxylic acid groups (broad SMARTS) is 1. The SMILES string of the molecule is CC1(C)CCN(C(=O)N2C[C@H](O)C[C@H]2C(=O)O)CCS1. The number of aliphatic hydroxyl groups excluding tert-OH is 1. The first-order valence-corrected chi connectivity index (χ1v) is 7.89. The highest BCUT2D eigenvalue weighted by Crippen LogP contribution is 2.31. The highest BCUT2D eigenvalue weighted by atomic mass is 32.2. The lowest BCUT2D eigenvalue weighted by molar-refractivity contribution is -0.141. The Kier molecular flexibility index (Phi) is 4.49. The van der Waals surface area contributed by atoms with Gasteiger partial charge in [0.2, 0.25) is 0 Å². The van der Waals surface area contributed by atoms with Gasteiger partial charge in [0, 0.05) is 36.6 Å². The minimum atomic E-state index is -1.04. The van der Waals surface area contributed by atoms with Gasteiger partial charge in [-0.25, -0.2) is 9.59 Å². The summed E-state index contributed by atoms with van der Waals surface area (Å²) in [5.41, 5.74) is 0. The number of β-amino-alcohol motifs (C(OH)–C–C–N with tert-alkyl or cyclic N) is 1. The molecule has 2 aliphatic heterocycles. The van der Waals surface area contributed by atoms with E-state index in [1.807, 2.05) is 11.8 Å². The summed E-state index contributed by atoms with van der Waals surface area (Å²) in [7, 11) is 0. The first-order valence-electron chi connectivity index (χ1n) is 6.90.